The molecule has 0 radical (unpaired) electrons. The zero-order valence-electron chi connectivity index (χ0n) is 24.3. The molecule has 2 N–H and O–H groups in total. The normalized spacial score (nSPS) is 19.6. The summed E-state index contributed by atoms with van der Waals surface area (Å²) in [6.45, 7) is 14.1. The van der Waals surface area contributed by atoms with Gasteiger partial charge in [0.1, 0.15) is 11.1 Å². The Morgan fingerprint density at radius 1 is 1.10 bits per heavy atom. The van der Waals surface area contributed by atoms with Gasteiger partial charge in [0.25, 0.3) is 0 Å². The maximum Gasteiger partial charge on any atom is 0.410 e. The van der Waals surface area contributed by atoms with E-state index in [1.807, 2.05) is 40.7 Å². The number of pyridine rings is 1. The first-order chi connectivity index (χ1) is 19.2. The Labute approximate surface area is 236 Å². The van der Waals surface area contributed by atoms with E-state index in [0.29, 0.717) is 30.8 Å². The molecule has 10 heteroatoms. The van der Waals surface area contributed by atoms with Crippen LogP contribution in [0.3, 0.4) is 0 Å². The van der Waals surface area contributed by atoms with Gasteiger partial charge in [0.15, 0.2) is 5.82 Å². The fourth-order valence-electron chi connectivity index (χ4n) is 4.95. The van der Waals surface area contributed by atoms with Crippen molar-refractivity contribution in [1.82, 2.24) is 19.9 Å². The highest BCUT2D eigenvalue weighted by molar-refractivity contribution is 5.88. The van der Waals surface area contributed by atoms with Crippen molar-refractivity contribution >= 4 is 28.6 Å². The second kappa shape index (κ2) is 13.2. The lowest BCUT2D eigenvalue weighted by atomic mass is 9.96. The summed E-state index contributed by atoms with van der Waals surface area (Å²) in [4.78, 5) is 30.5. The van der Waals surface area contributed by atoms with Crippen LogP contribution in [-0.2, 0) is 9.47 Å². The number of aliphatic hydroxyl groups is 1. The average Bonchev–Trinajstić information content (AvgIpc) is 2.96. The van der Waals surface area contributed by atoms with Gasteiger partial charge in [0.2, 0.25) is 0 Å². The van der Waals surface area contributed by atoms with E-state index in [4.69, 9.17) is 14.5 Å². The Hall–Kier alpha value is -3.50. The standard InChI is InChI=1S/C28H36N6O4.C2H6/c1-28(2,3)38-27(36)34-17-19(14-22(35)18-34)16-31-26-25-24(29-8-9-30-25)15-23(32-26)20-4-6-21(7-5-20)33-10-12-37-13-11-33;1-2/h4-9,15,19,22,35H,10-14,16-18H2,1-3H3,(H,31,32);1-2H3. The largest absolute Gasteiger partial charge is 0.444 e. The van der Waals surface area contributed by atoms with Crippen LogP contribution < -0.4 is 10.2 Å². The third-order valence-corrected chi connectivity index (χ3v) is 6.72. The molecule has 5 rings (SSSR count). The summed E-state index contributed by atoms with van der Waals surface area (Å²) in [6, 6.07) is 10.3. The molecule has 2 unspecified atom stereocenters. The fraction of sp³-hybridized carbons (Fsp3) is 0.533. The van der Waals surface area contributed by atoms with Crippen molar-refractivity contribution in [3.63, 3.8) is 0 Å². The van der Waals surface area contributed by atoms with Crippen molar-refractivity contribution < 1.29 is 19.4 Å². The number of fused-ring (bicyclic) bond motifs is 1. The molecular formula is C30H42N6O4. The first kappa shape index (κ1) is 29.5. The molecule has 2 aliphatic heterocycles. The van der Waals surface area contributed by atoms with Crippen LogP contribution in [0.1, 0.15) is 41.0 Å². The summed E-state index contributed by atoms with van der Waals surface area (Å²) in [5, 5.41) is 13.9. The predicted molar refractivity (Wildman–Crippen MR) is 158 cm³/mol. The molecule has 2 fully saturated rings. The Morgan fingerprint density at radius 3 is 2.50 bits per heavy atom. The van der Waals surface area contributed by atoms with Crippen LogP contribution >= 0.6 is 0 Å². The van der Waals surface area contributed by atoms with E-state index in [0.717, 1.165) is 43.1 Å². The number of amides is 1. The second-order valence-corrected chi connectivity index (χ2v) is 10.9. The van der Waals surface area contributed by atoms with Crippen LogP contribution in [0.2, 0.25) is 0 Å². The monoisotopic (exact) mass is 550 g/mol. The van der Waals surface area contributed by atoms with Gasteiger partial charge in [-0.15, -0.1) is 0 Å². The van der Waals surface area contributed by atoms with Gasteiger partial charge in [-0.3, -0.25) is 4.98 Å². The number of hydrogen-bond acceptors (Lipinski definition) is 9. The van der Waals surface area contributed by atoms with E-state index in [-0.39, 0.29) is 12.5 Å². The molecule has 0 bridgehead atoms. The topological polar surface area (TPSA) is 113 Å². The summed E-state index contributed by atoms with van der Waals surface area (Å²) >= 11 is 0. The molecule has 216 valence electrons. The molecule has 2 saturated heterocycles. The minimum absolute atomic E-state index is 0.0243. The Kier molecular flexibility index (Phi) is 9.76. The molecule has 3 aromatic rings. The van der Waals surface area contributed by atoms with Crippen molar-refractivity contribution in [3.8, 4) is 11.3 Å². The molecule has 2 atom stereocenters. The number of anilines is 2. The van der Waals surface area contributed by atoms with Gasteiger partial charge < -0.3 is 29.7 Å². The van der Waals surface area contributed by atoms with Gasteiger partial charge in [0, 0.05) is 56.4 Å². The summed E-state index contributed by atoms with van der Waals surface area (Å²) in [6.07, 6.45) is 2.90. The van der Waals surface area contributed by atoms with Crippen LogP contribution in [0, 0.1) is 5.92 Å². The number of nitrogens with one attached hydrogen (secondary N) is 1. The van der Waals surface area contributed by atoms with E-state index in [1.54, 1.807) is 17.3 Å². The first-order valence-corrected chi connectivity index (χ1v) is 14.2. The number of likely N-dealkylation sites (tertiary alicyclic amines) is 1. The van der Waals surface area contributed by atoms with Crippen LogP contribution in [0.25, 0.3) is 22.3 Å². The number of hydrogen-bond donors (Lipinski definition) is 2. The van der Waals surface area contributed by atoms with Crippen LogP contribution in [0.15, 0.2) is 42.7 Å². The summed E-state index contributed by atoms with van der Waals surface area (Å²) in [5.41, 5.74) is 3.80. The van der Waals surface area contributed by atoms with Crippen molar-refractivity contribution in [3.05, 3.63) is 42.7 Å². The van der Waals surface area contributed by atoms with Crippen molar-refractivity contribution in [2.45, 2.75) is 52.7 Å². The minimum atomic E-state index is -0.608. The van der Waals surface area contributed by atoms with Gasteiger partial charge >= 0.3 is 6.09 Å². The lowest BCUT2D eigenvalue weighted by molar-refractivity contribution is -0.00594. The highest BCUT2D eigenvalue weighted by Gasteiger charge is 2.31. The van der Waals surface area contributed by atoms with Gasteiger partial charge in [0.05, 0.1) is 30.5 Å². The minimum Gasteiger partial charge on any atom is -0.444 e. The highest BCUT2D eigenvalue weighted by atomic mass is 16.6. The molecule has 40 heavy (non-hydrogen) atoms. The van der Waals surface area contributed by atoms with Gasteiger partial charge in [-0.05, 0) is 51.3 Å². The third-order valence-electron chi connectivity index (χ3n) is 6.72. The van der Waals surface area contributed by atoms with E-state index < -0.39 is 17.8 Å². The van der Waals surface area contributed by atoms with Crippen molar-refractivity contribution in [2.75, 3.05) is 56.2 Å². The first-order valence-electron chi connectivity index (χ1n) is 14.2. The number of benzene rings is 1. The molecule has 0 aliphatic carbocycles. The van der Waals surface area contributed by atoms with Gasteiger partial charge in [-0.25, -0.2) is 14.8 Å². The molecule has 2 aliphatic rings. The molecule has 4 heterocycles. The Bertz CT molecular complexity index is 1260. The molecular weight excluding hydrogens is 508 g/mol. The number of piperidine rings is 1. The van der Waals surface area contributed by atoms with Gasteiger partial charge in [-0.2, -0.15) is 0 Å². The SMILES string of the molecule is CC.CC(C)(C)OC(=O)N1CC(O)CC(CNc2nc(-c3ccc(N4CCOCC4)cc3)cc3nccnc23)C1. The van der Waals surface area contributed by atoms with Crippen molar-refractivity contribution in [1.29, 1.82) is 0 Å². The quantitative estimate of drug-likeness (QED) is 0.471. The zero-order chi connectivity index (χ0) is 28.7. The van der Waals surface area contributed by atoms with Crippen LogP contribution in [0.4, 0.5) is 16.3 Å². The fourth-order valence-corrected chi connectivity index (χ4v) is 4.95. The lowest BCUT2D eigenvalue weighted by Gasteiger charge is -2.36. The second-order valence-electron chi connectivity index (χ2n) is 10.9. The maximum absolute atomic E-state index is 12.6. The number of β-amino-alcohol motifs (C(OH)–C–C–N with tert-alkyl or cyclic N) is 1. The number of morpholine rings is 1. The number of carbonyl (C=O) groups is 1. The zero-order valence-corrected chi connectivity index (χ0v) is 24.3. The van der Waals surface area contributed by atoms with E-state index in [9.17, 15) is 9.90 Å². The van der Waals surface area contributed by atoms with E-state index >= 15 is 0 Å². The molecule has 10 nitrogen and oxygen atoms in total. The molecule has 0 saturated carbocycles. The average molecular weight is 551 g/mol. The smallest absolute Gasteiger partial charge is 0.410 e. The number of aromatic nitrogens is 3. The summed E-state index contributed by atoms with van der Waals surface area (Å²) in [7, 11) is 0. The van der Waals surface area contributed by atoms with Crippen LogP contribution in [-0.4, -0.2) is 88.7 Å². The molecule has 1 aromatic carbocycles. The number of nitrogens with zero attached hydrogens (tertiary/aromatic N) is 5. The molecule has 1 amide bonds. The van der Waals surface area contributed by atoms with E-state index in [2.05, 4.69) is 44.5 Å². The summed E-state index contributed by atoms with van der Waals surface area (Å²) < 4.78 is 11.0. The Morgan fingerprint density at radius 2 is 1.80 bits per heavy atom. The molecule has 2 aromatic heterocycles. The number of carbonyl (C=O) groups excluding carboxylic acids is 1. The number of rotatable bonds is 5. The lowest BCUT2D eigenvalue weighted by Crippen LogP contribution is -2.49. The summed E-state index contributed by atoms with van der Waals surface area (Å²) in [5.74, 6) is 0.656. The third kappa shape index (κ3) is 7.57. The van der Waals surface area contributed by atoms with Crippen LogP contribution in [0.5, 0.6) is 0 Å². The van der Waals surface area contributed by atoms with Crippen molar-refractivity contribution in [2.24, 2.45) is 5.92 Å². The highest BCUT2D eigenvalue weighted by Crippen LogP contribution is 2.28. The molecule has 0 spiro atoms. The van der Waals surface area contributed by atoms with Gasteiger partial charge in [-0.1, -0.05) is 26.0 Å². The van der Waals surface area contributed by atoms with E-state index in [1.165, 1.54) is 5.69 Å². The Balaban J connectivity index is 0.00000181. The predicted octanol–water partition coefficient (Wildman–Crippen LogP) is 4.58. The maximum atomic E-state index is 12.6. The number of aliphatic hydroxyl groups excluding tert-OH is 1. The number of ether oxygens (including phenoxy) is 2.